The molecule has 47 heavy (non-hydrogen) atoms. The quantitative estimate of drug-likeness (QED) is 0.0754. The lowest BCUT2D eigenvalue weighted by Crippen LogP contribution is -3.05. The van der Waals surface area contributed by atoms with Gasteiger partial charge >= 0.3 is 0 Å². The molecule has 0 N–H and O–H groups in total. The minimum atomic E-state index is -2.21. The summed E-state index contributed by atoms with van der Waals surface area (Å²) in [5.74, 6) is 0. The van der Waals surface area contributed by atoms with Crippen LogP contribution in [0.4, 0.5) is 0 Å². The zero-order valence-corrected chi connectivity index (χ0v) is 55.5. The highest BCUT2D eigenvalue weighted by molar-refractivity contribution is 9.13. The molecular formula is C20H60S18Si9. The van der Waals surface area contributed by atoms with Crippen LogP contribution in [0.1, 0.15) is 0 Å². The molecule has 0 aromatic heterocycles. The van der Waals surface area contributed by atoms with Crippen LogP contribution in [0.15, 0.2) is 0 Å². The van der Waals surface area contributed by atoms with Crippen LogP contribution < -0.4 is 0 Å². The summed E-state index contributed by atoms with van der Waals surface area (Å²) in [4.78, 5) is 0. The SMILES string of the molecule is CS[Si](SC)(SC)[Si]([Si](SC)(SC)SC)([Si](SC)(SC)SC)[Si](C)(C)[Si]([Si](SC)(SC)SC)([Si](SC)(SC)SC)[Si](SC)(SC)SC. The lowest BCUT2D eigenvalue weighted by Gasteiger charge is -2.73. The van der Waals surface area contributed by atoms with Gasteiger partial charge < -0.3 is 0 Å². The van der Waals surface area contributed by atoms with Gasteiger partial charge in [0.15, 0.2) is 0 Å². The highest BCUT2D eigenvalue weighted by Gasteiger charge is 2.94. The molecule has 0 amide bonds. The van der Waals surface area contributed by atoms with E-state index in [1.165, 1.54) is 0 Å². The summed E-state index contributed by atoms with van der Waals surface area (Å²) in [5.41, 5.74) is 0. The van der Waals surface area contributed by atoms with E-state index in [4.69, 9.17) is 0 Å². The van der Waals surface area contributed by atoms with Crippen LogP contribution in [0, 0.1) is 0 Å². The fourth-order valence-corrected chi connectivity index (χ4v) is 866. The Kier molecular flexibility index (Phi) is 28.1. The third-order valence-corrected chi connectivity index (χ3v) is 425. The zero-order chi connectivity index (χ0) is 37.2. The maximum atomic E-state index is 3.23. The Morgan fingerprint density at radius 1 is 0.191 bits per heavy atom. The van der Waals surface area contributed by atoms with Crippen LogP contribution in [0.2, 0.25) is 13.1 Å². The Balaban J connectivity index is 10.5. The van der Waals surface area contributed by atoms with Crippen LogP contribution in [-0.2, 0) is 0 Å². The van der Waals surface area contributed by atoms with Crippen molar-refractivity contribution in [3.8, 4) is 0 Å². The summed E-state index contributed by atoms with van der Waals surface area (Å²) in [5, 5.41) is -12.1. The van der Waals surface area contributed by atoms with Gasteiger partial charge in [0.05, 0.1) is 0 Å². The van der Waals surface area contributed by atoms with Crippen LogP contribution >= 0.6 is 202 Å². The summed E-state index contributed by atoms with van der Waals surface area (Å²) < 4.78 is 0. The lowest BCUT2D eigenvalue weighted by atomic mass is 11.9. The van der Waals surface area contributed by atoms with Gasteiger partial charge in [-0.2, -0.15) is 202 Å². The molecular weight excluding hydrogens is 1070 g/mol. The largest absolute Gasteiger partial charge is 0.221 e. The first-order valence-electron chi connectivity index (χ1n) is 14.0. The van der Waals surface area contributed by atoms with E-state index < -0.39 is 49.6 Å². The predicted molar refractivity (Wildman–Crippen MR) is 307 cm³/mol. The van der Waals surface area contributed by atoms with Crippen molar-refractivity contribution in [1.29, 1.82) is 0 Å². The average molecular weight is 1130 g/mol. The number of hydrogen-bond donors (Lipinski definition) is 0. The molecule has 0 aliphatic rings. The molecule has 0 aromatic carbocycles. The topological polar surface area (TPSA) is 0 Å². The van der Waals surface area contributed by atoms with Gasteiger partial charge in [-0.1, -0.05) is 13.1 Å². The van der Waals surface area contributed by atoms with Crippen molar-refractivity contribution in [2.75, 3.05) is 113 Å². The third kappa shape index (κ3) is 8.22. The Bertz CT molecular complexity index is 695. The van der Waals surface area contributed by atoms with Crippen molar-refractivity contribution < 1.29 is 0 Å². The summed E-state index contributed by atoms with van der Waals surface area (Å²) in [6.07, 6.45) is 42.6. The molecule has 284 valence electrons. The van der Waals surface area contributed by atoms with Crippen molar-refractivity contribution in [2.45, 2.75) is 13.1 Å². The number of rotatable bonds is 26. The van der Waals surface area contributed by atoms with E-state index in [2.05, 4.69) is 327 Å². The van der Waals surface area contributed by atoms with E-state index in [1.807, 2.05) is 0 Å². The summed E-state index contributed by atoms with van der Waals surface area (Å²) in [6, 6.07) is 0. The molecule has 0 bridgehead atoms. The van der Waals surface area contributed by atoms with Crippen molar-refractivity contribution in [3.63, 3.8) is 0 Å². The Morgan fingerprint density at radius 2 is 0.277 bits per heavy atom. The predicted octanol–water partition coefficient (Wildman–Crippen LogP) is 12.4. The lowest BCUT2D eigenvalue weighted by molar-refractivity contribution is 2.03. The molecule has 0 saturated heterocycles. The van der Waals surface area contributed by atoms with Gasteiger partial charge in [0.2, 0.25) is 30.2 Å². The molecule has 0 atom stereocenters. The van der Waals surface area contributed by atoms with Gasteiger partial charge in [0.1, 0.15) is 12.3 Å². The van der Waals surface area contributed by atoms with Crippen LogP contribution in [0.5, 0.6) is 0 Å². The molecule has 0 aliphatic carbocycles. The minimum Gasteiger partial charge on any atom is -0.169 e. The van der Waals surface area contributed by atoms with E-state index >= 15 is 0 Å². The zero-order valence-electron chi connectivity index (χ0n) is 31.8. The van der Waals surface area contributed by atoms with Gasteiger partial charge in [-0.15, -0.1) is 0 Å². The van der Waals surface area contributed by atoms with Crippen LogP contribution in [0.3, 0.4) is 0 Å². The average Bonchev–Trinajstić information content (AvgIpc) is 3.12. The maximum Gasteiger partial charge on any atom is 0.221 e. The summed E-state index contributed by atoms with van der Waals surface area (Å²) in [6.45, 7) is 6.45. The second-order valence-electron chi connectivity index (χ2n) is 10.1. The number of hydrogen-bond acceptors (Lipinski definition) is 18. The van der Waals surface area contributed by atoms with Crippen molar-refractivity contribution in [3.05, 3.63) is 0 Å². The molecule has 0 unspecified atom stereocenters. The standard InChI is InChI=1S/C20H60S18Si9/c1-21-40(22-2,23-3)46(41(24-4,25-5)26-6,42(27-7,28-8)29-9)39(19,20)47(43(30-10,31-11)32-12,44(33-13,34-14)35-15)45(36-16,37-17)38-18/h1-20H3. The fraction of sp³-hybridized carbons (Fsp3) is 1.00. The van der Waals surface area contributed by atoms with Crippen LogP contribution in [0.25, 0.3) is 0 Å². The molecule has 27 heteroatoms. The van der Waals surface area contributed by atoms with E-state index in [-0.39, 0.29) is 0 Å². The van der Waals surface area contributed by atoms with Crippen molar-refractivity contribution in [2.24, 2.45) is 0 Å². The Labute approximate surface area is 370 Å². The molecule has 0 aromatic rings. The molecule has 0 aliphatic heterocycles. The summed E-state index contributed by atoms with van der Waals surface area (Å²) >= 11 is 44.5. The Morgan fingerprint density at radius 3 is 0.340 bits per heavy atom. The smallest absolute Gasteiger partial charge is 0.169 e. The van der Waals surface area contributed by atoms with Gasteiger partial charge in [0, 0.05) is 7.11 Å². The highest BCUT2D eigenvalue weighted by atomic mass is 32.9. The minimum absolute atomic E-state index is 2.02. The van der Waals surface area contributed by atoms with E-state index in [9.17, 15) is 0 Å². The van der Waals surface area contributed by atoms with Gasteiger partial charge in [-0.3, -0.25) is 0 Å². The monoisotopic (exact) mass is 1130 g/mol. The third-order valence-electron chi connectivity index (χ3n) is 9.47. The molecule has 0 radical (unpaired) electrons. The summed E-state index contributed by atoms with van der Waals surface area (Å²) in [7, 11) is -2.18. The van der Waals surface area contributed by atoms with Crippen LogP contribution in [-0.4, -0.2) is 162 Å². The molecule has 0 rings (SSSR count). The first-order valence-corrected chi connectivity index (χ1v) is 76.1. The van der Waals surface area contributed by atoms with Gasteiger partial charge in [0.25, 0.3) is 0 Å². The van der Waals surface area contributed by atoms with Gasteiger partial charge in [-0.05, 0) is 113 Å². The van der Waals surface area contributed by atoms with E-state index in [0.29, 0.717) is 0 Å². The molecule has 0 heterocycles. The van der Waals surface area contributed by atoms with E-state index in [0.717, 1.165) is 0 Å². The maximum absolute atomic E-state index is 3.23. The normalized spacial score (nSPS) is 15.1. The van der Waals surface area contributed by atoms with Crippen molar-refractivity contribution in [1.82, 2.24) is 0 Å². The van der Waals surface area contributed by atoms with Gasteiger partial charge in [-0.25, -0.2) is 0 Å². The molecule has 0 saturated carbocycles. The highest BCUT2D eigenvalue weighted by Crippen LogP contribution is 2.74. The first kappa shape index (κ1) is 55.3. The molecule has 0 fully saturated rings. The molecule has 0 spiro atoms. The first-order chi connectivity index (χ1) is 22.1. The van der Waals surface area contributed by atoms with Crippen molar-refractivity contribution >= 4 is 251 Å². The fourth-order valence-electron chi connectivity index (χ4n) is 7.96. The van der Waals surface area contributed by atoms with E-state index in [1.54, 1.807) is 0 Å². The Hall–Kier alpha value is 8.25. The second kappa shape index (κ2) is 23.9. The molecule has 0 nitrogen and oxygen atoms in total. The second-order valence-corrected chi connectivity index (χ2v) is 178.